The normalized spacial score (nSPS) is 22.2. The van der Waals surface area contributed by atoms with Crippen LogP contribution in [0.3, 0.4) is 0 Å². The van der Waals surface area contributed by atoms with E-state index >= 15 is 0 Å². The lowest BCUT2D eigenvalue weighted by molar-refractivity contribution is 0.182. The van der Waals surface area contributed by atoms with Gasteiger partial charge in [-0.3, -0.25) is 0 Å². The molecular weight excluding hydrogens is 236 g/mol. The Balaban J connectivity index is 1.66. The third-order valence-corrected chi connectivity index (χ3v) is 4.29. The predicted molar refractivity (Wildman–Crippen MR) is 77.5 cm³/mol. The van der Waals surface area contributed by atoms with Crippen molar-refractivity contribution in [1.82, 2.24) is 4.90 Å². The van der Waals surface area contributed by atoms with Gasteiger partial charge >= 0.3 is 6.03 Å². The maximum atomic E-state index is 12.2. The topological polar surface area (TPSA) is 32.3 Å². The van der Waals surface area contributed by atoms with Crippen LogP contribution >= 0.6 is 0 Å². The molecule has 3 rings (SSSR count). The van der Waals surface area contributed by atoms with Gasteiger partial charge in [-0.2, -0.15) is 0 Å². The van der Waals surface area contributed by atoms with Gasteiger partial charge in [0.2, 0.25) is 0 Å². The number of carbonyl (C=O) groups excluding carboxylic acids is 1. The zero-order valence-corrected chi connectivity index (χ0v) is 11.6. The van der Waals surface area contributed by atoms with Gasteiger partial charge in [0.25, 0.3) is 0 Å². The zero-order valence-electron chi connectivity index (χ0n) is 11.6. The Hall–Kier alpha value is -1.51. The van der Waals surface area contributed by atoms with Gasteiger partial charge in [-0.05, 0) is 61.3 Å². The second-order valence-corrected chi connectivity index (χ2v) is 5.96. The van der Waals surface area contributed by atoms with E-state index in [1.165, 1.54) is 30.4 Å². The Morgan fingerprint density at radius 1 is 1.26 bits per heavy atom. The van der Waals surface area contributed by atoms with Gasteiger partial charge in [-0.25, -0.2) is 4.79 Å². The van der Waals surface area contributed by atoms with E-state index in [1.807, 2.05) is 11.0 Å². The summed E-state index contributed by atoms with van der Waals surface area (Å²) in [4.78, 5) is 14.2. The monoisotopic (exact) mass is 258 g/mol. The highest BCUT2D eigenvalue weighted by atomic mass is 16.2. The number of piperidine rings is 1. The number of rotatable bonds is 1. The van der Waals surface area contributed by atoms with Gasteiger partial charge in [0.05, 0.1) is 0 Å². The quantitative estimate of drug-likeness (QED) is 0.822. The molecule has 3 heteroatoms. The number of hydrogen-bond donors (Lipinski definition) is 1. The smallest absolute Gasteiger partial charge is 0.321 e. The van der Waals surface area contributed by atoms with Crippen LogP contribution in [-0.4, -0.2) is 24.0 Å². The Morgan fingerprint density at radius 2 is 2.11 bits per heavy atom. The molecule has 2 amide bonds. The summed E-state index contributed by atoms with van der Waals surface area (Å²) in [5.41, 5.74) is 3.80. The standard InChI is InChI=1S/C16H22N2O/c1-12-4-3-9-18(11-12)16(19)17-15-8-7-13-5-2-6-14(13)10-15/h7-8,10,12H,2-6,9,11H2,1H3,(H,17,19)/t12-/m1/s1. The number of likely N-dealkylation sites (tertiary alicyclic amines) is 1. The largest absolute Gasteiger partial charge is 0.324 e. The van der Waals surface area contributed by atoms with Crippen LogP contribution in [0.15, 0.2) is 18.2 Å². The first-order chi connectivity index (χ1) is 9.22. The summed E-state index contributed by atoms with van der Waals surface area (Å²) in [6, 6.07) is 6.41. The first kappa shape index (κ1) is 12.5. The first-order valence-electron chi connectivity index (χ1n) is 7.40. The number of amides is 2. The molecule has 1 N–H and O–H groups in total. The number of nitrogens with zero attached hydrogens (tertiary/aromatic N) is 1. The molecule has 1 aliphatic carbocycles. The summed E-state index contributed by atoms with van der Waals surface area (Å²) in [5, 5.41) is 3.05. The fourth-order valence-corrected chi connectivity index (χ4v) is 3.23. The van der Waals surface area contributed by atoms with Crippen molar-refractivity contribution in [3.8, 4) is 0 Å². The van der Waals surface area contributed by atoms with Crippen molar-refractivity contribution >= 4 is 11.7 Å². The molecule has 3 nitrogen and oxygen atoms in total. The van der Waals surface area contributed by atoms with Crippen LogP contribution < -0.4 is 5.32 Å². The summed E-state index contributed by atoms with van der Waals surface area (Å²) < 4.78 is 0. The molecule has 0 unspecified atom stereocenters. The number of carbonyl (C=O) groups is 1. The van der Waals surface area contributed by atoms with Crippen molar-refractivity contribution < 1.29 is 4.79 Å². The zero-order chi connectivity index (χ0) is 13.2. The van der Waals surface area contributed by atoms with Crippen molar-refractivity contribution in [1.29, 1.82) is 0 Å². The fraction of sp³-hybridized carbons (Fsp3) is 0.562. The minimum atomic E-state index is 0.0597. The van der Waals surface area contributed by atoms with Crippen molar-refractivity contribution in [2.75, 3.05) is 18.4 Å². The highest BCUT2D eigenvalue weighted by Crippen LogP contribution is 2.25. The molecule has 1 fully saturated rings. The summed E-state index contributed by atoms with van der Waals surface area (Å²) in [5.74, 6) is 0.625. The molecule has 19 heavy (non-hydrogen) atoms. The third-order valence-electron chi connectivity index (χ3n) is 4.29. The van der Waals surface area contributed by atoms with Crippen LogP contribution in [0.25, 0.3) is 0 Å². The molecular formula is C16H22N2O. The van der Waals surface area contributed by atoms with Crippen LogP contribution in [0.4, 0.5) is 10.5 Å². The van der Waals surface area contributed by atoms with Gasteiger partial charge < -0.3 is 10.2 Å². The molecule has 0 radical (unpaired) electrons. The van der Waals surface area contributed by atoms with Gasteiger partial charge in [-0.15, -0.1) is 0 Å². The fourth-order valence-electron chi connectivity index (χ4n) is 3.23. The Kier molecular flexibility index (Phi) is 3.45. The number of aryl methyl sites for hydroxylation is 2. The van der Waals surface area contributed by atoms with E-state index < -0.39 is 0 Å². The van der Waals surface area contributed by atoms with Crippen molar-refractivity contribution in [2.24, 2.45) is 5.92 Å². The van der Waals surface area contributed by atoms with Crippen LogP contribution in [0.5, 0.6) is 0 Å². The lowest BCUT2D eigenvalue weighted by Gasteiger charge is -2.31. The van der Waals surface area contributed by atoms with E-state index in [2.05, 4.69) is 24.4 Å². The van der Waals surface area contributed by atoms with Crippen molar-refractivity contribution in [3.63, 3.8) is 0 Å². The third kappa shape index (κ3) is 2.75. The molecule has 1 atom stereocenters. The highest BCUT2D eigenvalue weighted by Gasteiger charge is 2.21. The van der Waals surface area contributed by atoms with Gasteiger partial charge in [0.15, 0.2) is 0 Å². The number of hydrogen-bond acceptors (Lipinski definition) is 1. The highest BCUT2D eigenvalue weighted by molar-refractivity contribution is 5.89. The lowest BCUT2D eigenvalue weighted by atomic mass is 10.0. The maximum Gasteiger partial charge on any atom is 0.321 e. The summed E-state index contributed by atoms with van der Waals surface area (Å²) in [6.07, 6.45) is 5.95. The second-order valence-electron chi connectivity index (χ2n) is 5.96. The molecule has 1 aromatic rings. The Bertz CT molecular complexity index is 484. The van der Waals surface area contributed by atoms with E-state index in [0.29, 0.717) is 5.92 Å². The SMILES string of the molecule is C[C@@H]1CCCN(C(=O)Nc2ccc3c(c2)CCC3)C1. The molecule has 0 aromatic heterocycles. The van der Waals surface area contributed by atoms with Gasteiger partial charge in [0, 0.05) is 18.8 Å². The minimum Gasteiger partial charge on any atom is -0.324 e. The van der Waals surface area contributed by atoms with Gasteiger partial charge in [0.1, 0.15) is 0 Å². The second kappa shape index (κ2) is 5.24. The van der Waals surface area contributed by atoms with Crippen molar-refractivity contribution in [2.45, 2.75) is 39.0 Å². The molecule has 0 spiro atoms. The van der Waals surface area contributed by atoms with Crippen LogP contribution in [-0.2, 0) is 12.8 Å². The summed E-state index contributed by atoms with van der Waals surface area (Å²) in [7, 11) is 0. The molecule has 1 aromatic carbocycles. The molecule has 102 valence electrons. The van der Waals surface area contributed by atoms with Crippen LogP contribution in [0, 0.1) is 5.92 Å². The Labute approximate surface area is 115 Å². The molecule has 1 heterocycles. The summed E-state index contributed by atoms with van der Waals surface area (Å²) in [6.45, 7) is 3.99. The number of benzene rings is 1. The number of nitrogens with one attached hydrogen (secondary N) is 1. The van der Waals surface area contributed by atoms with Gasteiger partial charge in [-0.1, -0.05) is 13.0 Å². The van der Waals surface area contributed by atoms with E-state index in [4.69, 9.17) is 0 Å². The lowest BCUT2D eigenvalue weighted by Crippen LogP contribution is -2.41. The average Bonchev–Trinajstić information content (AvgIpc) is 2.86. The molecule has 2 aliphatic rings. The summed E-state index contributed by atoms with van der Waals surface area (Å²) >= 11 is 0. The van der Waals surface area contributed by atoms with Crippen LogP contribution in [0.1, 0.15) is 37.3 Å². The van der Waals surface area contributed by atoms with Crippen molar-refractivity contribution in [3.05, 3.63) is 29.3 Å². The van der Waals surface area contributed by atoms with E-state index in [0.717, 1.165) is 31.6 Å². The molecule has 1 aliphatic heterocycles. The molecule has 1 saturated heterocycles. The van der Waals surface area contributed by atoms with E-state index in [9.17, 15) is 4.79 Å². The molecule has 0 saturated carbocycles. The van der Waals surface area contributed by atoms with E-state index in [-0.39, 0.29) is 6.03 Å². The maximum absolute atomic E-state index is 12.2. The van der Waals surface area contributed by atoms with E-state index in [1.54, 1.807) is 0 Å². The average molecular weight is 258 g/mol. The number of urea groups is 1. The van der Waals surface area contributed by atoms with Crippen LogP contribution in [0.2, 0.25) is 0 Å². The Morgan fingerprint density at radius 3 is 2.95 bits per heavy atom. The first-order valence-corrected chi connectivity index (χ1v) is 7.40. The predicted octanol–water partition coefficient (Wildman–Crippen LogP) is 3.44. The number of anilines is 1. The molecule has 0 bridgehead atoms. The minimum absolute atomic E-state index is 0.0597. The number of fused-ring (bicyclic) bond motifs is 1.